The number of rotatable bonds is 0. The monoisotopic (exact) mass is 370 g/mol. The first-order valence-corrected chi connectivity index (χ1v) is 11.5. The Morgan fingerprint density at radius 2 is 0.654 bits per heavy atom. The molecule has 0 atom stereocenters. The van der Waals surface area contributed by atoms with Gasteiger partial charge in [0.1, 0.15) is 0 Å². The molecule has 160 valence electrons. The summed E-state index contributed by atoms with van der Waals surface area (Å²) < 4.78 is 0. The van der Waals surface area contributed by atoms with E-state index < -0.39 is 0 Å². The molecule has 0 unspecified atom stereocenters. The highest BCUT2D eigenvalue weighted by Gasteiger charge is 2.22. The van der Waals surface area contributed by atoms with E-state index in [1.807, 2.05) is 0 Å². The molecule has 2 heteroatoms. The van der Waals surface area contributed by atoms with Crippen molar-refractivity contribution in [3.05, 3.63) is 0 Å². The SMILES string of the molecule is CC(C)(C)N1CCCCC1.CC(C)(C)N1CCCCC1.CCC.CCC. The predicted octanol–water partition coefficient (Wildman–Crippen LogP) is 7.37. The normalized spacial score (nSPS) is 19.2. The molecule has 0 N–H and O–H groups in total. The smallest absolute Gasteiger partial charge is 0.0125 e. The number of piperidine rings is 2. The second-order valence-corrected chi connectivity index (χ2v) is 9.85. The molecule has 0 aromatic rings. The van der Waals surface area contributed by atoms with E-state index in [2.05, 4.69) is 79.0 Å². The first kappa shape index (κ1) is 28.1. The van der Waals surface area contributed by atoms with E-state index in [1.165, 1.54) is 77.5 Å². The molecule has 2 saturated heterocycles. The van der Waals surface area contributed by atoms with Crippen LogP contribution < -0.4 is 0 Å². The second kappa shape index (κ2) is 15.9. The van der Waals surface area contributed by atoms with Crippen molar-refractivity contribution >= 4 is 0 Å². The molecule has 0 aliphatic carbocycles. The maximum absolute atomic E-state index is 2.58. The van der Waals surface area contributed by atoms with Gasteiger partial charge in [0.25, 0.3) is 0 Å². The number of hydrogen-bond donors (Lipinski definition) is 0. The van der Waals surface area contributed by atoms with Gasteiger partial charge in [0, 0.05) is 11.1 Å². The quantitative estimate of drug-likeness (QED) is 0.439. The molecule has 0 spiro atoms. The van der Waals surface area contributed by atoms with Crippen LogP contribution in [0.3, 0.4) is 0 Å². The summed E-state index contributed by atoms with van der Waals surface area (Å²) >= 11 is 0. The van der Waals surface area contributed by atoms with Crippen LogP contribution in [-0.4, -0.2) is 47.1 Å². The van der Waals surface area contributed by atoms with Crippen molar-refractivity contribution in [3.63, 3.8) is 0 Å². The van der Waals surface area contributed by atoms with Crippen molar-refractivity contribution in [3.8, 4) is 0 Å². The van der Waals surface area contributed by atoms with Gasteiger partial charge in [-0.1, -0.05) is 53.4 Å². The van der Waals surface area contributed by atoms with E-state index >= 15 is 0 Å². The Hall–Kier alpha value is -0.0800. The molecule has 0 aromatic heterocycles. The van der Waals surface area contributed by atoms with Crippen LogP contribution in [-0.2, 0) is 0 Å². The van der Waals surface area contributed by atoms with Crippen LogP contribution >= 0.6 is 0 Å². The fourth-order valence-corrected chi connectivity index (χ4v) is 3.13. The summed E-state index contributed by atoms with van der Waals surface area (Å²) in [4.78, 5) is 5.16. The lowest BCUT2D eigenvalue weighted by Gasteiger charge is -2.38. The van der Waals surface area contributed by atoms with Crippen molar-refractivity contribution in [2.75, 3.05) is 26.2 Å². The minimum atomic E-state index is 0.403. The summed E-state index contributed by atoms with van der Waals surface area (Å²) in [6.45, 7) is 27.6. The number of nitrogens with zero attached hydrogens (tertiary/aromatic N) is 2. The third kappa shape index (κ3) is 16.1. The van der Waals surface area contributed by atoms with Gasteiger partial charge in [0.15, 0.2) is 0 Å². The highest BCUT2D eigenvalue weighted by molar-refractivity contribution is 4.79. The lowest BCUT2D eigenvalue weighted by atomic mass is 10.0. The molecule has 2 nitrogen and oxygen atoms in total. The molecule has 0 amide bonds. The topological polar surface area (TPSA) is 6.48 Å². The van der Waals surface area contributed by atoms with Crippen molar-refractivity contribution in [1.82, 2.24) is 9.80 Å². The van der Waals surface area contributed by atoms with Gasteiger partial charge in [-0.3, -0.25) is 9.80 Å². The van der Waals surface area contributed by atoms with Gasteiger partial charge in [0.05, 0.1) is 0 Å². The van der Waals surface area contributed by atoms with Crippen LogP contribution in [0.25, 0.3) is 0 Å². The number of likely N-dealkylation sites (tertiary alicyclic amines) is 2. The molecule has 0 saturated carbocycles. The highest BCUT2D eigenvalue weighted by atomic mass is 15.2. The summed E-state index contributed by atoms with van der Waals surface area (Å²) in [7, 11) is 0. The van der Waals surface area contributed by atoms with Gasteiger partial charge in [0.2, 0.25) is 0 Å². The van der Waals surface area contributed by atoms with Gasteiger partial charge in [-0.2, -0.15) is 0 Å². The molecule has 2 fully saturated rings. The highest BCUT2D eigenvalue weighted by Crippen LogP contribution is 2.19. The van der Waals surface area contributed by atoms with E-state index in [0.29, 0.717) is 11.1 Å². The maximum Gasteiger partial charge on any atom is 0.0125 e. The zero-order chi connectivity index (χ0) is 20.6. The van der Waals surface area contributed by atoms with E-state index in [-0.39, 0.29) is 0 Å². The van der Waals surface area contributed by atoms with Gasteiger partial charge < -0.3 is 0 Å². The molecular weight excluding hydrogens is 316 g/mol. The average molecular weight is 371 g/mol. The summed E-state index contributed by atoms with van der Waals surface area (Å²) in [6, 6.07) is 0. The Bertz CT molecular complexity index is 244. The van der Waals surface area contributed by atoms with Crippen LogP contribution in [0.2, 0.25) is 0 Å². The Balaban J connectivity index is 0. The van der Waals surface area contributed by atoms with Crippen molar-refractivity contribution in [2.24, 2.45) is 0 Å². The van der Waals surface area contributed by atoms with E-state index in [4.69, 9.17) is 0 Å². The maximum atomic E-state index is 2.58. The number of hydrogen-bond acceptors (Lipinski definition) is 2. The fraction of sp³-hybridized carbons (Fsp3) is 1.00. The van der Waals surface area contributed by atoms with E-state index in [0.717, 1.165) is 0 Å². The van der Waals surface area contributed by atoms with Crippen LogP contribution in [0.1, 0.15) is 121 Å². The zero-order valence-corrected chi connectivity index (χ0v) is 20.4. The van der Waals surface area contributed by atoms with Crippen molar-refractivity contribution in [1.29, 1.82) is 0 Å². The van der Waals surface area contributed by atoms with E-state index in [1.54, 1.807) is 0 Å². The molecule has 2 aliphatic heterocycles. The summed E-state index contributed by atoms with van der Waals surface area (Å²) in [6.07, 6.45) is 11.0. The zero-order valence-electron chi connectivity index (χ0n) is 20.4. The molecule has 0 aromatic carbocycles. The third-order valence-corrected chi connectivity index (χ3v) is 4.61. The minimum Gasteiger partial charge on any atom is -0.298 e. The lowest BCUT2D eigenvalue weighted by molar-refractivity contribution is 0.110. The third-order valence-electron chi connectivity index (χ3n) is 4.61. The first-order chi connectivity index (χ1) is 12.0. The predicted molar refractivity (Wildman–Crippen MR) is 122 cm³/mol. The summed E-state index contributed by atoms with van der Waals surface area (Å²) in [5, 5.41) is 0. The molecule has 0 bridgehead atoms. The van der Waals surface area contributed by atoms with Gasteiger partial charge in [-0.15, -0.1) is 0 Å². The Kier molecular flexibility index (Phi) is 17.2. The van der Waals surface area contributed by atoms with Crippen LogP contribution in [0.15, 0.2) is 0 Å². The molecule has 0 radical (unpaired) electrons. The van der Waals surface area contributed by atoms with Gasteiger partial charge in [-0.25, -0.2) is 0 Å². The molecule has 2 rings (SSSR count). The van der Waals surface area contributed by atoms with Crippen molar-refractivity contribution < 1.29 is 0 Å². The van der Waals surface area contributed by atoms with Gasteiger partial charge in [-0.05, 0) is 93.4 Å². The minimum absolute atomic E-state index is 0.403. The summed E-state index contributed by atoms with van der Waals surface area (Å²) in [5.41, 5.74) is 0.806. The molecule has 2 aliphatic rings. The van der Waals surface area contributed by atoms with Crippen LogP contribution in [0.5, 0.6) is 0 Å². The fourth-order valence-electron chi connectivity index (χ4n) is 3.13. The first-order valence-electron chi connectivity index (χ1n) is 11.5. The van der Waals surface area contributed by atoms with Crippen LogP contribution in [0, 0.1) is 0 Å². The average Bonchev–Trinajstić information content (AvgIpc) is 2.57. The van der Waals surface area contributed by atoms with Gasteiger partial charge >= 0.3 is 0 Å². The molecular formula is C24H54N2. The van der Waals surface area contributed by atoms with Crippen LogP contribution in [0.4, 0.5) is 0 Å². The lowest BCUT2D eigenvalue weighted by Crippen LogP contribution is -2.44. The molecule has 26 heavy (non-hydrogen) atoms. The Morgan fingerprint density at radius 1 is 0.462 bits per heavy atom. The summed E-state index contributed by atoms with van der Waals surface area (Å²) in [5.74, 6) is 0. The standard InChI is InChI=1S/2C9H19N.2C3H8/c2*1-9(2,3)10-7-5-4-6-8-10;2*1-3-2/h2*4-8H2,1-3H3;2*3H2,1-2H3. The Labute approximate surface area is 168 Å². The van der Waals surface area contributed by atoms with E-state index in [9.17, 15) is 0 Å². The molecule has 2 heterocycles. The largest absolute Gasteiger partial charge is 0.298 e. The Morgan fingerprint density at radius 3 is 0.769 bits per heavy atom. The van der Waals surface area contributed by atoms with Crippen molar-refractivity contribution in [2.45, 2.75) is 132 Å². The second-order valence-electron chi connectivity index (χ2n) is 9.85.